The maximum Gasteiger partial charge on any atom is 0.253 e. The SMILES string of the molecule is Cc1ccc(CNc2c(Nc3c[nH]c4ccccc34)c(=O)c2=O)cc1C. The quantitative estimate of drug-likeness (QED) is 0.482. The minimum absolute atomic E-state index is 0.323. The Morgan fingerprint density at radius 2 is 1.69 bits per heavy atom. The first kappa shape index (κ1) is 16.1. The standard InChI is InChI=1S/C21H19N3O2/c1-12-7-8-14(9-13(12)2)10-23-18-19(21(26)20(18)25)24-17-11-22-16-6-4-3-5-15(16)17/h3-9,11,22-24H,10H2,1-2H3. The van der Waals surface area contributed by atoms with E-state index in [0.717, 1.165) is 22.2 Å². The smallest absolute Gasteiger partial charge is 0.253 e. The highest BCUT2D eigenvalue weighted by molar-refractivity contribution is 5.95. The van der Waals surface area contributed by atoms with Gasteiger partial charge in [0.25, 0.3) is 10.9 Å². The third-order valence-electron chi connectivity index (χ3n) is 4.80. The van der Waals surface area contributed by atoms with E-state index < -0.39 is 10.9 Å². The van der Waals surface area contributed by atoms with Crippen LogP contribution in [0.3, 0.4) is 0 Å². The summed E-state index contributed by atoms with van der Waals surface area (Å²) in [6, 6.07) is 14.0. The van der Waals surface area contributed by atoms with Crippen LogP contribution in [0.4, 0.5) is 17.1 Å². The zero-order valence-corrected chi connectivity index (χ0v) is 14.6. The molecule has 0 amide bonds. The fraction of sp³-hybridized carbons (Fsp3) is 0.143. The fourth-order valence-electron chi connectivity index (χ4n) is 3.09. The normalized spacial score (nSPS) is 11.2. The average Bonchev–Trinajstić information content (AvgIpc) is 3.06. The molecule has 0 saturated heterocycles. The molecule has 0 atom stereocenters. The topological polar surface area (TPSA) is 74.0 Å². The van der Waals surface area contributed by atoms with Crippen LogP contribution in [0.5, 0.6) is 0 Å². The third kappa shape index (κ3) is 2.67. The molecule has 1 heterocycles. The number of rotatable bonds is 5. The third-order valence-corrected chi connectivity index (χ3v) is 4.80. The molecule has 0 fully saturated rings. The predicted molar refractivity (Wildman–Crippen MR) is 106 cm³/mol. The summed E-state index contributed by atoms with van der Waals surface area (Å²) < 4.78 is 0. The second kappa shape index (κ2) is 6.19. The minimum atomic E-state index is -0.488. The molecule has 4 aromatic rings. The summed E-state index contributed by atoms with van der Waals surface area (Å²) in [7, 11) is 0. The minimum Gasteiger partial charge on any atom is -0.376 e. The number of benzene rings is 2. The Kier molecular flexibility index (Phi) is 3.84. The van der Waals surface area contributed by atoms with Crippen molar-refractivity contribution in [1.82, 2.24) is 4.98 Å². The van der Waals surface area contributed by atoms with E-state index in [9.17, 15) is 9.59 Å². The molecular weight excluding hydrogens is 326 g/mol. The lowest BCUT2D eigenvalue weighted by molar-refractivity contribution is 1.11. The van der Waals surface area contributed by atoms with Gasteiger partial charge in [0.1, 0.15) is 11.4 Å². The number of anilines is 3. The van der Waals surface area contributed by atoms with Gasteiger partial charge in [-0.25, -0.2) is 0 Å². The molecule has 5 heteroatoms. The van der Waals surface area contributed by atoms with E-state index in [-0.39, 0.29) is 0 Å². The van der Waals surface area contributed by atoms with E-state index in [1.807, 2.05) is 30.3 Å². The molecule has 0 saturated carbocycles. The second-order valence-electron chi connectivity index (χ2n) is 6.55. The van der Waals surface area contributed by atoms with E-state index >= 15 is 0 Å². The average molecular weight is 345 g/mol. The molecule has 0 aliphatic carbocycles. The van der Waals surface area contributed by atoms with Crippen molar-refractivity contribution in [2.45, 2.75) is 20.4 Å². The molecule has 3 N–H and O–H groups in total. The molecule has 1 aromatic heterocycles. The highest BCUT2D eigenvalue weighted by atomic mass is 16.2. The molecule has 0 spiro atoms. The number of H-pyrrole nitrogens is 1. The lowest BCUT2D eigenvalue weighted by atomic mass is 10.1. The monoisotopic (exact) mass is 345 g/mol. The van der Waals surface area contributed by atoms with Crippen molar-refractivity contribution in [3.8, 4) is 0 Å². The zero-order valence-electron chi connectivity index (χ0n) is 14.6. The molecule has 0 aliphatic rings. The van der Waals surface area contributed by atoms with Gasteiger partial charge < -0.3 is 15.6 Å². The highest BCUT2D eigenvalue weighted by Crippen LogP contribution is 2.28. The molecular formula is C21H19N3O2. The largest absolute Gasteiger partial charge is 0.376 e. The second-order valence-corrected chi connectivity index (χ2v) is 6.55. The van der Waals surface area contributed by atoms with Crippen molar-refractivity contribution in [1.29, 1.82) is 0 Å². The molecule has 0 bridgehead atoms. The Balaban J connectivity index is 1.57. The van der Waals surface area contributed by atoms with Crippen molar-refractivity contribution < 1.29 is 0 Å². The van der Waals surface area contributed by atoms with Crippen LogP contribution in [0.2, 0.25) is 0 Å². The molecule has 5 nitrogen and oxygen atoms in total. The zero-order chi connectivity index (χ0) is 18.3. The van der Waals surface area contributed by atoms with E-state index in [0.29, 0.717) is 17.9 Å². The summed E-state index contributed by atoms with van der Waals surface area (Å²) in [4.78, 5) is 27.2. The summed E-state index contributed by atoms with van der Waals surface area (Å²) in [6.07, 6.45) is 1.80. The van der Waals surface area contributed by atoms with Gasteiger partial charge in [0.05, 0.1) is 5.69 Å². The number of para-hydroxylation sites is 1. The first-order chi connectivity index (χ1) is 12.5. The van der Waals surface area contributed by atoms with Crippen molar-refractivity contribution >= 4 is 28.0 Å². The number of nitrogens with one attached hydrogen (secondary N) is 3. The Morgan fingerprint density at radius 3 is 2.50 bits per heavy atom. The van der Waals surface area contributed by atoms with Crippen LogP contribution in [0, 0.1) is 13.8 Å². The van der Waals surface area contributed by atoms with Gasteiger partial charge in [0.15, 0.2) is 0 Å². The van der Waals surface area contributed by atoms with Crippen LogP contribution in [0.15, 0.2) is 58.3 Å². The van der Waals surface area contributed by atoms with Gasteiger partial charge in [-0.2, -0.15) is 0 Å². The lowest BCUT2D eigenvalue weighted by Crippen LogP contribution is -2.36. The van der Waals surface area contributed by atoms with Crippen molar-refractivity contribution in [3.63, 3.8) is 0 Å². The van der Waals surface area contributed by atoms with Crippen LogP contribution in [-0.2, 0) is 6.54 Å². The van der Waals surface area contributed by atoms with Crippen LogP contribution in [-0.4, -0.2) is 4.98 Å². The lowest BCUT2D eigenvalue weighted by Gasteiger charge is -2.15. The summed E-state index contributed by atoms with van der Waals surface area (Å²) in [5, 5.41) is 7.19. The summed E-state index contributed by atoms with van der Waals surface area (Å²) in [5.74, 6) is 0. The van der Waals surface area contributed by atoms with E-state index in [2.05, 4.69) is 41.6 Å². The number of fused-ring (bicyclic) bond motifs is 1. The maximum absolute atomic E-state index is 12.0. The Hall–Kier alpha value is -3.34. The van der Waals surface area contributed by atoms with Crippen LogP contribution in [0.25, 0.3) is 10.9 Å². The molecule has 4 rings (SSSR count). The van der Waals surface area contributed by atoms with E-state index in [1.165, 1.54) is 11.1 Å². The van der Waals surface area contributed by atoms with Gasteiger partial charge >= 0.3 is 0 Å². The molecule has 3 aromatic carbocycles. The molecule has 0 radical (unpaired) electrons. The van der Waals surface area contributed by atoms with Gasteiger partial charge in [0.2, 0.25) is 0 Å². The van der Waals surface area contributed by atoms with Gasteiger partial charge in [-0.3, -0.25) is 9.59 Å². The number of hydrogen-bond donors (Lipinski definition) is 3. The van der Waals surface area contributed by atoms with E-state index in [1.54, 1.807) is 6.20 Å². The molecule has 0 aliphatic heterocycles. The molecule has 130 valence electrons. The molecule has 0 unspecified atom stereocenters. The summed E-state index contributed by atoms with van der Waals surface area (Å²) in [6.45, 7) is 4.61. The summed E-state index contributed by atoms with van der Waals surface area (Å²) in [5.41, 5.74) is 4.95. The van der Waals surface area contributed by atoms with Crippen LogP contribution < -0.4 is 21.5 Å². The fourth-order valence-corrected chi connectivity index (χ4v) is 3.09. The highest BCUT2D eigenvalue weighted by Gasteiger charge is 2.21. The van der Waals surface area contributed by atoms with E-state index in [4.69, 9.17) is 0 Å². The Morgan fingerprint density at radius 1 is 0.923 bits per heavy atom. The first-order valence-corrected chi connectivity index (χ1v) is 8.51. The van der Waals surface area contributed by atoms with Gasteiger partial charge in [-0.05, 0) is 36.6 Å². The molecule has 26 heavy (non-hydrogen) atoms. The van der Waals surface area contributed by atoms with Crippen molar-refractivity contribution in [2.75, 3.05) is 10.6 Å². The Labute approximate surface area is 150 Å². The Bertz CT molecular complexity index is 1180. The number of aromatic amines is 1. The van der Waals surface area contributed by atoms with Gasteiger partial charge in [-0.15, -0.1) is 0 Å². The van der Waals surface area contributed by atoms with Crippen LogP contribution >= 0.6 is 0 Å². The van der Waals surface area contributed by atoms with Crippen molar-refractivity contribution in [3.05, 3.63) is 85.8 Å². The maximum atomic E-state index is 12.0. The number of aryl methyl sites for hydroxylation is 2. The summed E-state index contributed by atoms with van der Waals surface area (Å²) >= 11 is 0. The first-order valence-electron chi connectivity index (χ1n) is 8.51. The van der Waals surface area contributed by atoms with Gasteiger partial charge in [-0.1, -0.05) is 36.4 Å². The van der Waals surface area contributed by atoms with Crippen molar-refractivity contribution in [2.24, 2.45) is 0 Å². The number of aromatic nitrogens is 1. The van der Waals surface area contributed by atoms with Crippen LogP contribution in [0.1, 0.15) is 16.7 Å². The number of hydrogen-bond acceptors (Lipinski definition) is 4. The van der Waals surface area contributed by atoms with Gasteiger partial charge in [0, 0.05) is 23.6 Å². The predicted octanol–water partition coefficient (Wildman–Crippen LogP) is 3.74.